The summed E-state index contributed by atoms with van der Waals surface area (Å²) in [5, 5.41) is 0. The second kappa shape index (κ2) is 5.23. The lowest BCUT2D eigenvalue weighted by Gasteiger charge is -2.16. The van der Waals surface area contributed by atoms with Crippen molar-refractivity contribution in [3.63, 3.8) is 0 Å². The molecule has 0 fully saturated rings. The van der Waals surface area contributed by atoms with Gasteiger partial charge in [-0.25, -0.2) is 4.39 Å². The molecule has 0 amide bonds. The van der Waals surface area contributed by atoms with Crippen molar-refractivity contribution < 1.29 is 4.39 Å². The smallest absolute Gasteiger partial charge is 0.126 e. The highest BCUT2D eigenvalue weighted by molar-refractivity contribution is 9.09. The normalized spacial score (nSPS) is 12.5. The van der Waals surface area contributed by atoms with Gasteiger partial charge in [0.2, 0.25) is 0 Å². The molecule has 0 heterocycles. The zero-order valence-corrected chi connectivity index (χ0v) is 12.4. The molecule has 1 atom stereocenters. The fraction of sp³-hybridized carbons (Fsp3) is 0.250. The lowest BCUT2D eigenvalue weighted by molar-refractivity contribution is 0.617. The molecule has 2 rings (SSSR count). The second-order valence-corrected chi connectivity index (χ2v) is 5.58. The summed E-state index contributed by atoms with van der Waals surface area (Å²) in [6, 6.07) is 11.5. The average Bonchev–Trinajstić information content (AvgIpc) is 2.35. The van der Waals surface area contributed by atoms with Crippen LogP contribution in [0.1, 0.15) is 32.6 Å². The van der Waals surface area contributed by atoms with Gasteiger partial charge in [-0.15, -0.1) is 0 Å². The van der Waals surface area contributed by atoms with E-state index in [1.165, 1.54) is 22.8 Å². The van der Waals surface area contributed by atoms with Gasteiger partial charge in [0, 0.05) is 0 Å². The van der Waals surface area contributed by atoms with Crippen LogP contribution in [0.25, 0.3) is 0 Å². The summed E-state index contributed by atoms with van der Waals surface area (Å²) in [5.74, 6) is -0.153. The molecule has 0 saturated carbocycles. The Morgan fingerprint density at radius 3 is 2.39 bits per heavy atom. The molecule has 0 radical (unpaired) electrons. The fourth-order valence-electron chi connectivity index (χ4n) is 2.05. The quantitative estimate of drug-likeness (QED) is 0.666. The first kappa shape index (κ1) is 13.3. The molecule has 2 heteroatoms. The van der Waals surface area contributed by atoms with Crippen LogP contribution >= 0.6 is 15.9 Å². The predicted octanol–water partition coefficient (Wildman–Crippen LogP) is 5.24. The molecule has 1 unspecified atom stereocenters. The minimum atomic E-state index is -0.153. The molecule has 0 aromatic heterocycles. The summed E-state index contributed by atoms with van der Waals surface area (Å²) >= 11 is 3.72. The van der Waals surface area contributed by atoms with Crippen LogP contribution in [0.2, 0.25) is 0 Å². The molecule has 0 nitrogen and oxygen atoms in total. The predicted molar refractivity (Wildman–Crippen MR) is 77.8 cm³/mol. The Morgan fingerprint density at radius 2 is 1.72 bits per heavy atom. The van der Waals surface area contributed by atoms with E-state index in [0.717, 1.165) is 5.56 Å². The third kappa shape index (κ3) is 2.49. The molecular weight excluding hydrogens is 291 g/mol. The van der Waals surface area contributed by atoms with Gasteiger partial charge in [-0.3, -0.25) is 0 Å². The van der Waals surface area contributed by atoms with E-state index in [-0.39, 0.29) is 10.6 Å². The van der Waals surface area contributed by atoms with Crippen LogP contribution in [0, 0.1) is 26.6 Å². The van der Waals surface area contributed by atoms with Crippen LogP contribution in [-0.2, 0) is 0 Å². The largest absolute Gasteiger partial charge is 0.207 e. The van der Waals surface area contributed by atoms with Crippen LogP contribution in [0.3, 0.4) is 0 Å². The van der Waals surface area contributed by atoms with Crippen molar-refractivity contribution in [1.29, 1.82) is 0 Å². The standard InChI is InChI=1S/C16H16BrF/c1-10-5-4-6-14(12(10)3)16(17)13-7-8-15(18)11(2)9-13/h4-9,16H,1-3H3. The molecule has 0 spiro atoms. The summed E-state index contributed by atoms with van der Waals surface area (Å²) in [5.41, 5.74) is 5.56. The lowest BCUT2D eigenvalue weighted by atomic mass is 9.96. The van der Waals surface area contributed by atoms with Gasteiger partial charge in [0.15, 0.2) is 0 Å². The van der Waals surface area contributed by atoms with Crippen LogP contribution in [0.5, 0.6) is 0 Å². The second-order valence-electron chi connectivity index (χ2n) is 4.66. The molecule has 0 aliphatic heterocycles. The Hall–Kier alpha value is -1.15. The van der Waals surface area contributed by atoms with Crippen molar-refractivity contribution in [2.24, 2.45) is 0 Å². The molecule has 0 bridgehead atoms. The highest BCUT2D eigenvalue weighted by Crippen LogP contribution is 2.34. The summed E-state index contributed by atoms with van der Waals surface area (Å²) in [7, 11) is 0. The van der Waals surface area contributed by atoms with E-state index < -0.39 is 0 Å². The van der Waals surface area contributed by atoms with Gasteiger partial charge in [0.1, 0.15) is 5.82 Å². The first-order valence-electron chi connectivity index (χ1n) is 5.97. The number of hydrogen-bond donors (Lipinski definition) is 0. The number of halogens is 2. The number of rotatable bonds is 2. The highest BCUT2D eigenvalue weighted by atomic mass is 79.9. The van der Waals surface area contributed by atoms with E-state index in [9.17, 15) is 4.39 Å². The third-order valence-corrected chi connectivity index (χ3v) is 4.42. The Morgan fingerprint density at radius 1 is 1.00 bits per heavy atom. The van der Waals surface area contributed by atoms with Crippen molar-refractivity contribution in [3.05, 3.63) is 70.0 Å². The van der Waals surface area contributed by atoms with Crippen LogP contribution in [0.4, 0.5) is 4.39 Å². The van der Waals surface area contributed by atoms with Gasteiger partial charge in [0.25, 0.3) is 0 Å². The maximum absolute atomic E-state index is 13.3. The number of alkyl halides is 1. The van der Waals surface area contributed by atoms with E-state index in [0.29, 0.717) is 5.56 Å². The minimum absolute atomic E-state index is 0.108. The average molecular weight is 307 g/mol. The van der Waals surface area contributed by atoms with Crippen LogP contribution in [0.15, 0.2) is 36.4 Å². The molecule has 2 aromatic carbocycles. The molecule has 0 aliphatic rings. The molecule has 0 aliphatic carbocycles. The van der Waals surface area contributed by atoms with Gasteiger partial charge in [-0.2, -0.15) is 0 Å². The zero-order chi connectivity index (χ0) is 13.3. The maximum atomic E-state index is 13.3. The van der Waals surface area contributed by atoms with Gasteiger partial charge in [0.05, 0.1) is 4.83 Å². The Balaban J connectivity index is 2.44. The number of benzene rings is 2. The molecular formula is C16H16BrF. The van der Waals surface area contributed by atoms with Gasteiger partial charge < -0.3 is 0 Å². The fourth-order valence-corrected chi connectivity index (χ4v) is 2.83. The molecule has 0 N–H and O–H groups in total. The lowest BCUT2D eigenvalue weighted by Crippen LogP contribution is -1.98. The van der Waals surface area contributed by atoms with Gasteiger partial charge >= 0.3 is 0 Å². The van der Waals surface area contributed by atoms with E-state index in [2.05, 4.69) is 48.0 Å². The maximum Gasteiger partial charge on any atom is 0.126 e. The van der Waals surface area contributed by atoms with E-state index in [1.807, 2.05) is 12.1 Å². The van der Waals surface area contributed by atoms with Gasteiger partial charge in [-0.1, -0.05) is 46.3 Å². The summed E-state index contributed by atoms with van der Waals surface area (Å²) < 4.78 is 13.3. The van der Waals surface area contributed by atoms with E-state index in [4.69, 9.17) is 0 Å². The van der Waals surface area contributed by atoms with Crippen LogP contribution in [-0.4, -0.2) is 0 Å². The van der Waals surface area contributed by atoms with Crippen molar-refractivity contribution in [1.82, 2.24) is 0 Å². The van der Waals surface area contributed by atoms with Crippen molar-refractivity contribution in [2.75, 3.05) is 0 Å². The third-order valence-electron chi connectivity index (χ3n) is 3.39. The number of aryl methyl sites for hydroxylation is 2. The topological polar surface area (TPSA) is 0 Å². The number of hydrogen-bond acceptors (Lipinski definition) is 0. The van der Waals surface area contributed by atoms with Crippen molar-refractivity contribution in [3.8, 4) is 0 Å². The molecule has 94 valence electrons. The summed E-state index contributed by atoms with van der Waals surface area (Å²) in [4.78, 5) is 0.108. The molecule has 0 saturated heterocycles. The Kier molecular flexibility index (Phi) is 3.86. The molecule has 2 aromatic rings. The summed E-state index contributed by atoms with van der Waals surface area (Å²) in [6.07, 6.45) is 0. The molecule has 18 heavy (non-hydrogen) atoms. The summed E-state index contributed by atoms with van der Waals surface area (Å²) in [6.45, 7) is 6.02. The Bertz CT molecular complexity index is 575. The van der Waals surface area contributed by atoms with Crippen LogP contribution < -0.4 is 0 Å². The first-order chi connectivity index (χ1) is 8.50. The van der Waals surface area contributed by atoms with E-state index in [1.54, 1.807) is 6.92 Å². The SMILES string of the molecule is Cc1cc(C(Br)c2cccc(C)c2C)ccc1F. The van der Waals surface area contributed by atoms with Gasteiger partial charge in [-0.05, 0) is 54.7 Å². The first-order valence-corrected chi connectivity index (χ1v) is 6.88. The monoisotopic (exact) mass is 306 g/mol. The minimum Gasteiger partial charge on any atom is -0.207 e. The zero-order valence-electron chi connectivity index (χ0n) is 10.8. The van der Waals surface area contributed by atoms with Crippen molar-refractivity contribution in [2.45, 2.75) is 25.6 Å². The van der Waals surface area contributed by atoms with E-state index >= 15 is 0 Å². The highest BCUT2D eigenvalue weighted by Gasteiger charge is 2.14. The Labute approximate surface area is 116 Å². The van der Waals surface area contributed by atoms with Crippen molar-refractivity contribution >= 4 is 15.9 Å².